The first-order chi connectivity index (χ1) is 24.6. The normalized spacial score (nSPS) is 16.9. The molecule has 0 bridgehead atoms. The summed E-state index contributed by atoms with van der Waals surface area (Å²) < 4.78 is 85.3. The fraction of sp³-hybridized carbons (Fsp3) is 0.429. The van der Waals surface area contributed by atoms with Gasteiger partial charge in [-0.05, 0) is 105 Å². The third kappa shape index (κ3) is 12.6. The largest absolute Gasteiger partial charge is 0.573 e. The van der Waals surface area contributed by atoms with Crippen molar-refractivity contribution in [3.63, 3.8) is 0 Å². The number of benzene rings is 3. The zero-order valence-electron chi connectivity index (χ0n) is 28.8. The van der Waals surface area contributed by atoms with Crippen molar-refractivity contribution in [2.45, 2.75) is 70.8 Å². The molecule has 0 saturated carbocycles. The number of halogens is 8. The third-order valence-electron chi connectivity index (χ3n) is 8.33. The van der Waals surface area contributed by atoms with E-state index in [9.17, 15) is 35.9 Å². The summed E-state index contributed by atoms with van der Waals surface area (Å²) in [5.41, 5.74) is 1.48. The highest BCUT2D eigenvalue weighted by Crippen LogP contribution is 2.37. The Hall–Kier alpha value is -3.86. The van der Waals surface area contributed by atoms with E-state index in [1.54, 1.807) is 17.0 Å². The van der Waals surface area contributed by atoms with Gasteiger partial charge in [0.15, 0.2) is 0 Å². The number of carbonyl (C=O) groups is 2. The molecule has 3 aromatic rings. The number of likely N-dealkylation sites (tertiary alicyclic amines) is 2. The lowest BCUT2D eigenvalue weighted by Gasteiger charge is -2.37. The predicted molar refractivity (Wildman–Crippen MR) is 186 cm³/mol. The molecule has 18 heteroatoms. The van der Waals surface area contributed by atoms with Gasteiger partial charge in [-0.2, -0.15) is 0 Å². The Morgan fingerprint density at radius 2 is 1.28 bits per heavy atom. The highest BCUT2D eigenvalue weighted by Gasteiger charge is 2.39. The van der Waals surface area contributed by atoms with Gasteiger partial charge >= 0.3 is 25.9 Å². The summed E-state index contributed by atoms with van der Waals surface area (Å²) in [6.45, 7) is 7.22. The molecule has 2 fully saturated rings. The molecule has 5 rings (SSSR count). The molecule has 0 unspecified atom stereocenters. The summed E-state index contributed by atoms with van der Waals surface area (Å²) in [7, 11) is -1.70. The van der Waals surface area contributed by atoms with Gasteiger partial charge in [0.05, 0.1) is 0 Å². The van der Waals surface area contributed by atoms with Crippen LogP contribution >= 0.6 is 23.2 Å². The van der Waals surface area contributed by atoms with Gasteiger partial charge < -0.3 is 34.1 Å². The van der Waals surface area contributed by atoms with Crippen molar-refractivity contribution in [2.75, 3.05) is 19.6 Å². The van der Waals surface area contributed by atoms with Crippen LogP contribution in [0.4, 0.5) is 31.1 Å². The second-order valence-corrected chi connectivity index (χ2v) is 14.2. The van der Waals surface area contributed by atoms with Crippen LogP contribution < -0.4 is 14.9 Å². The van der Waals surface area contributed by atoms with Crippen molar-refractivity contribution < 1.29 is 60.2 Å². The van der Waals surface area contributed by atoms with Gasteiger partial charge in [-0.15, -0.1) is 26.3 Å². The quantitative estimate of drug-likeness (QED) is 0.187. The highest BCUT2D eigenvalue weighted by molar-refractivity contribution is 6.58. The lowest BCUT2D eigenvalue weighted by molar-refractivity contribution is -0.275. The van der Waals surface area contributed by atoms with Gasteiger partial charge in [-0.1, -0.05) is 47.5 Å². The standard InChI is InChI=1S/C28H31Cl2F3N2O4.C7H6BF3O3/c1-27(2,3)39-26(37)34-11-9-20(10-12-34)35-13-8-18(25(35)36)14-22-23(29)15-19(16-24(22)30)17-4-6-21(7-5-17)38-28(31,32)33;9-7(10,11)14-6-3-1-5(2-4-6)8(12)13/h4-7,15-16,18,20H,8-14H2,1-3H3;1-4,12-13H/t18-;/m0./s1. The maximum absolute atomic E-state index is 13.3. The third-order valence-corrected chi connectivity index (χ3v) is 9.01. The van der Waals surface area contributed by atoms with Gasteiger partial charge in [0, 0.05) is 41.6 Å². The van der Waals surface area contributed by atoms with Crippen LogP contribution in [-0.4, -0.2) is 83.0 Å². The second-order valence-electron chi connectivity index (χ2n) is 13.4. The molecule has 2 aliphatic heterocycles. The number of ether oxygens (including phenoxy) is 3. The van der Waals surface area contributed by atoms with E-state index in [1.165, 1.54) is 24.3 Å². The lowest BCUT2D eigenvalue weighted by Crippen LogP contribution is -2.48. The Balaban J connectivity index is 0.000000376. The Kier molecular flexibility index (Phi) is 13.5. The lowest BCUT2D eigenvalue weighted by atomic mass is 9.80. The van der Waals surface area contributed by atoms with Crippen molar-refractivity contribution in [2.24, 2.45) is 5.92 Å². The van der Waals surface area contributed by atoms with Crippen molar-refractivity contribution in [3.05, 3.63) is 76.3 Å². The maximum Gasteiger partial charge on any atom is 0.573 e. The zero-order valence-corrected chi connectivity index (χ0v) is 30.3. The number of piperidine rings is 1. The molecule has 2 amide bonds. The van der Waals surface area contributed by atoms with Gasteiger partial charge in [-0.25, -0.2) is 4.79 Å². The number of hydrogen-bond donors (Lipinski definition) is 2. The van der Waals surface area contributed by atoms with E-state index in [4.69, 9.17) is 38.0 Å². The van der Waals surface area contributed by atoms with E-state index in [-0.39, 0.29) is 35.2 Å². The number of alkyl halides is 6. The molecule has 0 aliphatic carbocycles. The summed E-state index contributed by atoms with van der Waals surface area (Å²) >= 11 is 13.1. The second kappa shape index (κ2) is 17.1. The molecular weight excluding hydrogens is 756 g/mol. The molecular formula is C35H37BCl2F6N2O7. The van der Waals surface area contributed by atoms with Gasteiger partial charge in [-0.3, -0.25) is 4.79 Å². The fourth-order valence-electron chi connectivity index (χ4n) is 5.90. The molecule has 9 nitrogen and oxygen atoms in total. The van der Waals surface area contributed by atoms with E-state index in [0.29, 0.717) is 72.1 Å². The van der Waals surface area contributed by atoms with E-state index >= 15 is 0 Å². The molecule has 3 aromatic carbocycles. The summed E-state index contributed by atoms with van der Waals surface area (Å²) in [6.07, 6.45) is -7.37. The number of carbonyl (C=O) groups excluding carboxylic acids is 2. The first-order valence-corrected chi connectivity index (χ1v) is 17.2. The average Bonchev–Trinajstić information content (AvgIpc) is 3.40. The Morgan fingerprint density at radius 1 is 0.792 bits per heavy atom. The van der Waals surface area contributed by atoms with E-state index in [2.05, 4.69) is 9.47 Å². The minimum absolute atomic E-state index is 0.0576. The van der Waals surface area contributed by atoms with Crippen LogP contribution in [0.5, 0.6) is 11.5 Å². The first-order valence-electron chi connectivity index (χ1n) is 16.4. The van der Waals surface area contributed by atoms with Crippen LogP contribution in [0.25, 0.3) is 11.1 Å². The van der Waals surface area contributed by atoms with Crippen molar-refractivity contribution in [1.29, 1.82) is 0 Å². The summed E-state index contributed by atoms with van der Waals surface area (Å²) in [6, 6.07) is 13.2. The number of rotatable bonds is 7. The molecule has 0 aromatic heterocycles. The fourth-order valence-corrected chi connectivity index (χ4v) is 6.54. The molecule has 1 atom stereocenters. The average molecular weight is 793 g/mol. The van der Waals surface area contributed by atoms with Crippen molar-refractivity contribution in [1.82, 2.24) is 9.80 Å². The summed E-state index contributed by atoms with van der Waals surface area (Å²) in [4.78, 5) is 29.3. The van der Waals surface area contributed by atoms with E-state index in [0.717, 1.165) is 24.3 Å². The molecule has 2 N–H and O–H groups in total. The predicted octanol–water partition coefficient (Wildman–Crippen LogP) is 7.61. The first kappa shape index (κ1) is 41.9. The van der Waals surface area contributed by atoms with E-state index in [1.807, 2.05) is 25.7 Å². The molecule has 2 heterocycles. The van der Waals surface area contributed by atoms with Crippen LogP contribution in [-0.2, 0) is 16.0 Å². The van der Waals surface area contributed by atoms with Gasteiger partial charge in [0.25, 0.3) is 0 Å². The van der Waals surface area contributed by atoms with Gasteiger partial charge in [0.2, 0.25) is 5.91 Å². The molecule has 288 valence electrons. The van der Waals surface area contributed by atoms with Crippen LogP contribution in [0.1, 0.15) is 45.6 Å². The molecule has 53 heavy (non-hydrogen) atoms. The van der Waals surface area contributed by atoms with Crippen LogP contribution in [0.2, 0.25) is 10.0 Å². The maximum atomic E-state index is 13.3. The summed E-state index contributed by atoms with van der Waals surface area (Å²) in [5, 5.41) is 18.1. The smallest absolute Gasteiger partial charge is 0.444 e. The number of nitrogens with zero attached hydrogens (tertiary/aromatic N) is 2. The van der Waals surface area contributed by atoms with Crippen LogP contribution in [0, 0.1) is 5.92 Å². The minimum Gasteiger partial charge on any atom is -0.444 e. The number of amides is 2. The van der Waals surface area contributed by atoms with Crippen molar-refractivity contribution in [3.8, 4) is 22.6 Å². The Bertz CT molecular complexity index is 1690. The topological polar surface area (TPSA) is 109 Å². The zero-order chi connectivity index (χ0) is 39.3. The molecule has 2 saturated heterocycles. The van der Waals surface area contributed by atoms with Crippen molar-refractivity contribution >= 4 is 47.8 Å². The van der Waals surface area contributed by atoms with E-state index < -0.39 is 31.2 Å². The Labute approximate surface area is 312 Å². The SMILES string of the molecule is CC(C)(C)OC(=O)N1CCC(N2CC[C@@H](Cc3c(Cl)cc(-c4ccc(OC(F)(F)F)cc4)cc3Cl)C2=O)CC1.OB(O)c1ccc(OC(F)(F)F)cc1. The molecule has 0 spiro atoms. The Morgan fingerprint density at radius 3 is 1.74 bits per heavy atom. The molecule has 2 aliphatic rings. The monoisotopic (exact) mass is 792 g/mol. The molecule has 0 radical (unpaired) electrons. The van der Waals surface area contributed by atoms with Crippen LogP contribution in [0.3, 0.4) is 0 Å². The van der Waals surface area contributed by atoms with Gasteiger partial charge in [0.1, 0.15) is 17.1 Å². The summed E-state index contributed by atoms with van der Waals surface area (Å²) in [5.74, 6) is -0.919. The minimum atomic E-state index is -4.76. The highest BCUT2D eigenvalue weighted by atomic mass is 35.5. The van der Waals surface area contributed by atoms with Crippen LogP contribution in [0.15, 0.2) is 60.7 Å². The number of hydrogen-bond acceptors (Lipinski definition) is 7.